The van der Waals surface area contributed by atoms with Gasteiger partial charge in [0.2, 0.25) is 0 Å². The number of non-ortho nitro benzene ring substituents is 2. The summed E-state index contributed by atoms with van der Waals surface area (Å²) in [5, 5.41) is 33.2. The van der Waals surface area contributed by atoms with Gasteiger partial charge in [0.05, 0.1) is 17.0 Å². The van der Waals surface area contributed by atoms with Crippen LogP contribution >= 0.6 is 0 Å². The third-order valence-electron chi connectivity index (χ3n) is 2.92. The number of nitrogens with zero attached hydrogens (tertiary/aromatic N) is 3. The van der Waals surface area contributed by atoms with Gasteiger partial charge in [-0.2, -0.15) is 0 Å². The molecule has 0 aromatic heterocycles. The van der Waals surface area contributed by atoms with Gasteiger partial charge in [0, 0.05) is 30.5 Å². The number of ether oxygens (including phenoxy) is 1. The van der Waals surface area contributed by atoms with Crippen molar-refractivity contribution >= 4 is 23.3 Å². The fourth-order valence-electron chi connectivity index (χ4n) is 1.78. The molecular weight excluding hydrogens is 306 g/mol. The van der Waals surface area contributed by atoms with Crippen LogP contribution < -0.4 is 9.84 Å². The Hall–Kier alpha value is -3.49. The minimum atomic E-state index is -0.634. The lowest BCUT2D eigenvalue weighted by Crippen LogP contribution is -1.98. The molecule has 0 heterocycles. The molecule has 0 saturated heterocycles. The summed E-state index contributed by atoms with van der Waals surface area (Å²) in [6, 6.07) is 7.03. The predicted octanol–water partition coefficient (Wildman–Crippen LogP) is 2.34. The highest BCUT2D eigenvalue weighted by Gasteiger charge is 2.11. The maximum atomic E-state index is 11.7. The number of methoxy groups -OCH3 is 1. The van der Waals surface area contributed by atoms with Crippen LogP contribution in [-0.2, 0) is 0 Å². The molecule has 118 valence electrons. The van der Waals surface area contributed by atoms with E-state index in [1.54, 1.807) is 0 Å². The lowest BCUT2D eigenvalue weighted by atomic mass is 10.2. The Morgan fingerprint density at radius 3 is 2.26 bits per heavy atom. The minimum Gasteiger partial charge on any atom is -0.872 e. The Morgan fingerprint density at radius 2 is 1.65 bits per heavy atom. The van der Waals surface area contributed by atoms with Crippen LogP contribution in [0.25, 0.3) is 0 Å². The van der Waals surface area contributed by atoms with E-state index in [1.165, 1.54) is 25.3 Å². The lowest BCUT2D eigenvalue weighted by Gasteiger charge is -2.09. The molecule has 2 aromatic carbocycles. The third-order valence-corrected chi connectivity index (χ3v) is 2.92. The zero-order valence-corrected chi connectivity index (χ0v) is 11.8. The molecule has 0 radical (unpaired) electrons. The molecule has 2 aromatic rings. The molecule has 0 atom stereocenters. The number of nitro groups is 2. The molecule has 2 rings (SSSR count). The second-order valence-electron chi connectivity index (χ2n) is 4.35. The normalized spacial score (nSPS) is 10.7. The fourth-order valence-corrected chi connectivity index (χ4v) is 1.78. The number of hydrogen-bond donors (Lipinski definition) is 0. The first kappa shape index (κ1) is 15.9. The monoisotopic (exact) mass is 316 g/mol. The van der Waals surface area contributed by atoms with Gasteiger partial charge in [-0.25, -0.2) is 0 Å². The zero-order chi connectivity index (χ0) is 17.0. The SMILES string of the molecule is COc1ccc([N+](=O)[O-])cc1N=Cc1cc([N+](=O)[O-])ccc1[O-]. The predicted molar refractivity (Wildman–Crippen MR) is 79.4 cm³/mol. The Morgan fingerprint density at radius 1 is 1.04 bits per heavy atom. The van der Waals surface area contributed by atoms with Gasteiger partial charge in [0.25, 0.3) is 11.4 Å². The van der Waals surface area contributed by atoms with E-state index >= 15 is 0 Å². The minimum absolute atomic E-state index is 0.00670. The summed E-state index contributed by atoms with van der Waals surface area (Å²) < 4.78 is 5.04. The molecule has 23 heavy (non-hydrogen) atoms. The highest BCUT2D eigenvalue weighted by atomic mass is 16.6. The fraction of sp³-hybridized carbons (Fsp3) is 0.0714. The zero-order valence-electron chi connectivity index (χ0n) is 11.8. The Bertz CT molecular complexity index is 803. The Kier molecular flexibility index (Phi) is 4.50. The Labute approximate surface area is 129 Å². The van der Waals surface area contributed by atoms with Gasteiger partial charge in [0.1, 0.15) is 11.4 Å². The number of aliphatic imine (C=N–C) groups is 1. The summed E-state index contributed by atoms with van der Waals surface area (Å²) in [6.07, 6.45) is 1.11. The maximum Gasteiger partial charge on any atom is 0.271 e. The average molecular weight is 316 g/mol. The topological polar surface area (TPSA) is 131 Å². The second-order valence-corrected chi connectivity index (χ2v) is 4.35. The van der Waals surface area contributed by atoms with E-state index in [-0.39, 0.29) is 28.4 Å². The van der Waals surface area contributed by atoms with Crippen LogP contribution in [0, 0.1) is 20.2 Å². The van der Waals surface area contributed by atoms with Crippen molar-refractivity contribution in [1.29, 1.82) is 0 Å². The summed E-state index contributed by atoms with van der Waals surface area (Å²) >= 11 is 0. The van der Waals surface area contributed by atoms with Crippen molar-refractivity contribution in [2.24, 2.45) is 4.99 Å². The van der Waals surface area contributed by atoms with E-state index in [2.05, 4.69) is 4.99 Å². The van der Waals surface area contributed by atoms with Crippen LogP contribution in [0.4, 0.5) is 17.1 Å². The first-order valence-corrected chi connectivity index (χ1v) is 6.24. The van der Waals surface area contributed by atoms with Gasteiger partial charge in [0.15, 0.2) is 0 Å². The van der Waals surface area contributed by atoms with E-state index in [0.717, 1.165) is 24.4 Å². The van der Waals surface area contributed by atoms with Crippen molar-refractivity contribution in [2.75, 3.05) is 7.11 Å². The smallest absolute Gasteiger partial charge is 0.271 e. The summed E-state index contributed by atoms with van der Waals surface area (Å²) in [5.41, 5.74) is -0.322. The molecule has 9 nitrogen and oxygen atoms in total. The molecule has 0 aliphatic carbocycles. The molecule has 0 N–H and O–H groups in total. The standard InChI is InChI=1S/C14H11N3O6/c1-23-14-5-3-11(17(21)22)7-12(14)15-8-9-6-10(16(19)20)2-4-13(9)18/h2-8,18H,1H3/p-1. The summed E-state index contributed by atoms with van der Waals surface area (Å²) in [5.74, 6) is -0.187. The number of hydrogen-bond acceptors (Lipinski definition) is 7. The summed E-state index contributed by atoms with van der Waals surface area (Å²) in [4.78, 5) is 24.3. The highest BCUT2D eigenvalue weighted by Crippen LogP contribution is 2.31. The molecule has 0 spiro atoms. The second kappa shape index (κ2) is 6.52. The third kappa shape index (κ3) is 3.59. The molecular formula is C14H10N3O6-. The molecule has 0 fully saturated rings. The lowest BCUT2D eigenvalue weighted by molar-refractivity contribution is -0.385. The molecule has 0 bridgehead atoms. The highest BCUT2D eigenvalue weighted by molar-refractivity contribution is 5.86. The van der Waals surface area contributed by atoms with Crippen molar-refractivity contribution in [3.63, 3.8) is 0 Å². The van der Waals surface area contributed by atoms with Crippen LogP contribution in [0.5, 0.6) is 11.5 Å². The summed E-state index contributed by atoms with van der Waals surface area (Å²) in [7, 11) is 1.37. The average Bonchev–Trinajstić information content (AvgIpc) is 2.53. The first-order valence-electron chi connectivity index (χ1n) is 6.24. The molecule has 0 aliphatic rings. The van der Waals surface area contributed by atoms with Crippen LogP contribution in [0.15, 0.2) is 41.4 Å². The van der Waals surface area contributed by atoms with Gasteiger partial charge >= 0.3 is 0 Å². The van der Waals surface area contributed by atoms with E-state index < -0.39 is 15.6 Å². The van der Waals surface area contributed by atoms with Crippen molar-refractivity contribution in [1.82, 2.24) is 0 Å². The molecule has 9 heteroatoms. The van der Waals surface area contributed by atoms with Crippen molar-refractivity contribution in [3.8, 4) is 11.5 Å². The van der Waals surface area contributed by atoms with Gasteiger partial charge < -0.3 is 9.84 Å². The number of nitro benzene ring substituents is 2. The van der Waals surface area contributed by atoms with Crippen molar-refractivity contribution in [3.05, 3.63) is 62.2 Å². The molecule has 0 aliphatic heterocycles. The van der Waals surface area contributed by atoms with Crippen molar-refractivity contribution in [2.45, 2.75) is 0 Å². The van der Waals surface area contributed by atoms with Crippen molar-refractivity contribution < 1.29 is 19.7 Å². The van der Waals surface area contributed by atoms with Crippen LogP contribution in [-0.4, -0.2) is 23.2 Å². The molecule has 0 saturated carbocycles. The Balaban J connectivity index is 2.43. The summed E-state index contributed by atoms with van der Waals surface area (Å²) in [6.45, 7) is 0. The van der Waals surface area contributed by atoms with Crippen LogP contribution in [0.2, 0.25) is 0 Å². The van der Waals surface area contributed by atoms with Gasteiger partial charge in [-0.15, -0.1) is 0 Å². The van der Waals surface area contributed by atoms with Gasteiger partial charge in [-0.1, -0.05) is 11.8 Å². The van der Waals surface area contributed by atoms with E-state index in [9.17, 15) is 25.3 Å². The van der Waals surface area contributed by atoms with E-state index in [4.69, 9.17) is 4.74 Å². The first-order chi connectivity index (χ1) is 10.9. The van der Waals surface area contributed by atoms with E-state index in [0.29, 0.717) is 0 Å². The number of rotatable bonds is 5. The van der Waals surface area contributed by atoms with E-state index in [1.807, 2.05) is 0 Å². The largest absolute Gasteiger partial charge is 0.872 e. The maximum absolute atomic E-state index is 11.7. The molecule has 0 unspecified atom stereocenters. The molecule has 0 amide bonds. The van der Waals surface area contributed by atoms with Gasteiger partial charge in [-0.05, 0) is 11.6 Å². The van der Waals surface area contributed by atoms with Gasteiger partial charge in [-0.3, -0.25) is 25.2 Å². The quantitative estimate of drug-likeness (QED) is 0.472. The number of benzene rings is 2. The van der Waals surface area contributed by atoms with Crippen LogP contribution in [0.1, 0.15) is 5.56 Å². The van der Waals surface area contributed by atoms with Crippen LogP contribution in [0.3, 0.4) is 0 Å².